The second-order valence-corrected chi connectivity index (χ2v) is 8.27. The van der Waals surface area contributed by atoms with Crippen molar-refractivity contribution in [2.45, 2.75) is 25.8 Å². The van der Waals surface area contributed by atoms with Gasteiger partial charge in [-0.25, -0.2) is 0 Å². The van der Waals surface area contributed by atoms with Crippen LogP contribution in [0, 0.1) is 5.92 Å². The van der Waals surface area contributed by atoms with E-state index in [2.05, 4.69) is 64.1 Å². The van der Waals surface area contributed by atoms with Crippen molar-refractivity contribution in [3.63, 3.8) is 0 Å². The third kappa shape index (κ3) is 4.26. The van der Waals surface area contributed by atoms with Crippen molar-refractivity contribution in [1.82, 2.24) is 9.80 Å². The minimum Gasteiger partial charge on any atom is -0.383 e. The predicted molar refractivity (Wildman–Crippen MR) is 118 cm³/mol. The van der Waals surface area contributed by atoms with E-state index in [-0.39, 0.29) is 5.92 Å². The van der Waals surface area contributed by atoms with Crippen LogP contribution in [0.2, 0.25) is 0 Å². The molecule has 5 heteroatoms. The van der Waals surface area contributed by atoms with E-state index in [0.717, 1.165) is 58.7 Å². The van der Waals surface area contributed by atoms with Gasteiger partial charge in [0, 0.05) is 69.4 Å². The zero-order valence-electron chi connectivity index (χ0n) is 17.7. The minimum atomic E-state index is 0.189. The molecule has 0 N–H and O–H groups in total. The van der Waals surface area contributed by atoms with Crippen molar-refractivity contribution in [1.29, 1.82) is 0 Å². The van der Waals surface area contributed by atoms with Gasteiger partial charge < -0.3 is 14.5 Å². The first-order chi connectivity index (χ1) is 14.2. The Kier molecular flexibility index (Phi) is 6.36. The number of carbonyl (C=O) groups is 1. The summed E-state index contributed by atoms with van der Waals surface area (Å²) in [6.45, 7) is 8.54. The van der Waals surface area contributed by atoms with Gasteiger partial charge in [0.2, 0.25) is 5.91 Å². The molecule has 0 radical (unpaired) electrons. The van der Waals surface area contributed by atoms with E-state index in [0.29, 0.717) is 11.9 Å². The Morgan fingerprint density at radius 2 is 1.79 bits per heavy atom. The molecule has 1 amide bonds. The fraction of sp³-hybridized carbons (Fsp3) is 0.542. The van der Waals surface area contributed by atoms with E-state index in [4.69, 9.17) is 4.74 Å². The lowest BCUT2D eigenvalue weighted by Crippen LogP contribution is -2.55. The minimum absolute atomic E-state index is 0.189. The predicted octanol–water partition coefficient (Wildman–Crippen LogP) is 3.24. The second kappa shape index (κ2) is 9.14. The highest BCUT2D eigenvalue weighted by atomic mass is 16.5. The van der Waals surface area contributed by atoms with Gasteiger partial charge in [-0.3, -0.25) is 9.69 Å². The molecule has 1 aliphatic heterocycles. The third-order valence-electron chi connectivity index (χ3n) is 6.62. The van der Waals surface area contributed by atoms with Crippen LogP contribution in [0.15, 0.2) is 42.5 Å². The Morgan fingerprint density at radius 1 is 1.07 bits per heavy atom. The molecule has 2 aliphatic rings. The highest BCUT2D eigenvalue weighted by Gasteiger charge is 2.40. The number of methoxy groups -OCH3 is 1. The number of hydrogen-bond acceptors (Lipinski definition) is 4. The average Bonchev–Trinajstić information content (AvgIpc) is 2.74. The van der Waals surface area contributed by atoms with Crippen LogP contribution in [0.25, 0.3) is 10.8 Å². The molecule has 4 rings (SSSR count). The number of hydrogen-bond donors (Lipinski definition) is 0. The Bertz CT molecular complexity index is 820. The van der Waals surface area contributed by atoms with Gasteiger partial charge in [0.25, 0.3) is 0 Å². The van der Waals surface area contributed by atoms with Gasteiger partial charge in [0.15, 0.2) is 0 Å². The summed E-state index contributed by atoms with van der Waals surface area (Å²) in [4.78, 5) is 19.9. The first-order valence-corrected chi connectivity index (χ1v) is 11.0. The van der Waals surface area contributed by atoms with Crippen molar-refractivity contribution >= 4 is 22.4 Å². The van der Waals surface area contributed by atoms with Crippen molar-refractivity contribution in [3.05, 3.63) is 42.5 Å². The van der Waals surface area contributed by atoms with Gasteiger partial charge in [-0.2, -0.15) is 0 Å². The molecule has 0 bridgehead atoms. The number of amides is 1. The summed E-state index contributed by atoms with van der Waals surface area (Å²) in [6, 6.07) is 15.6. The van der Waals surface area contributed by atoms with Crippen LogP contribution in [-0.2, 0) is 9.53 Å². The molecule has 0 spiro atoms. The van der Waals surface area contributed by atoms with E-state index in [1.54, 1.807) is 7.11 Å². The Morgan fingerprint density at radius 3 is 2.52 bits per heavy atom. The number of benzene rings is 2. The van der Waals surface area contributed by atoms with Gasteiger partial charge in [-0.05, 0) is 31.2 Å². The molecule has 2 fully saturated rings. The molecule has 2 aromatic rings. The van der Waals surface area contributed by atoms with Gasteiger partial charge in [-0.15, -0.1) is 0 Å². The second-order valence-electron chi connectivity index (χ2n) is 8.27. The fourth-order valence-electron chi connectivity index (χ4n) is 4.80. The molecule has 29 heavy (non-hydrogen) atoms. The zero-order chi connectivity index (χ0) is 20.2. The molecular formula is C24H33N3O2. The number of piperazine rings is 1. The summed E-state index contributed by atoms with van der Waals surface area (Å²) in [5.74, 6) is 0.552. The molecule has 0 aromatic heterocycles. The summed E-state index contributed by atoms with van der Waals surface area (Å²) in [6.07, 6.45) is 1.94. The molecule has 5 nitrogen and oxygen atoms in total. The molecule has 1 saturated carbocycles. The van der Waals surface area contributed by atoms with Gasteiger partial charge >= 0.3 is 0 Å². The Labute approximate surface area is 174 Å². The maximum atomic E-state index is 13.0. The largest absolute Gasteiger partial charge is 0.383 e. The highest BCUT2D eigenvalue weighted by molar-refractivity contribution is 5.94. The Balaban J connectivity index is 1.34. The van der Waals surface area contributed by atoms with Crippen LogP contribution in [0.4, 0.5) is 5.69 Å². The molecule has 0 unspecified atom stereocenters. The number of rotatable bonds is 7. The Hall–Kier alpha value is -2.11. The fourth-order valence-corrected chi connectivity index (χ4v) is 4.80. The van der Waals surface area contributed by atoms with E-state index >= 15 is 0 Å². The van der Waals surface area contributed by atoms with Crippen molar-refractivity contribution < 1.29 is 9.53 Å². The lowest BCUT2D eigenvalue weighted by Gasteiger charge is -2.45. The number of fused-ring (bicyclic) bond motifs is 1. The van der Waals surface area contributed by atoms with Crippen molar-refractivity contribution in [3.8, 4) is 0 Å². The number of carbonyl (C=O) groups excluding carboxylic acids is 1. The first kappa shape index (κ1) is 20.2. The summed E-state index contributed by atoms with van der Waals surface area (Å²) in [5, 5.41) is 2.58. The number of ether oxygens (including phenoxy) is 1. The molecule has 156 valence electrons. The van der Waals surface area contributed by atoms with Gasteiger partial charge in [0.1, 0.15) is 0 Å². The lowest BCUT2D eigenvalue weighted by molar-refractivity contribution is -0.140. The molecule has 1 heterocycles. The SMILES string of the molecule is CCN(c1cccc2ccccc12)C1CC(C(=O)N2CCN(CCOC)CC2)C1. The van der Waals surface area contributed by atoms with Crippen LogP contribution in [0.1, 0.15) is 19.8 Å². The lowest BCUT2D eigenvalue weighted by atomic mass is 9.78. The van der Waals surface area contributed by atoms with E-state index < -0.39 is 0 Å². The third-order valence-corrected chi connectivity index (χ3v) is 6.62. The maximum Gasteiger partial charge on any atom is 0.225 e. The molecule has 1 saturated heterocycles. The first-order valence-electron chi connectivity index (χ1n) is 11.0. The van der Waals surface area contributed by atoms with E-state index in [1.165, 1.54) is 16.5 Å². The molecular weight excluding hydrogens is 362 g/mol. The topological polar surface area (TPSA) is 36.0 Å². The van der Waals surface area contributed by atoms with Gasteiger partial charge in [-0.1, -0.05) is 36.4 Å². The molecule has 0 atom stereocenters. The van der Waals surface area contributed by atoms with Crippen LogP contribution < -0.4 is 4.90 Å². The van der Waals surface area contributed by atoms with Crippen LogP contribution in [0.5, 0.6) is 0 Å². The van der Waals surface area contributed by atoms with E-state index in [1.807, 2.05) is 0 Å². The van der Waals surface area contributed by atoms with Crippen molar-refractivity contribution in [2.24, 2.45) is 5.92 Å². The monoisotopic (exact) mass is 395 g/mol. The smallest absolute Gasteiger partial charge is 0.225 e. The quantitative estimate of drug-likeness (QED) is 0.721. The van der Waals surface area contributed by atoms with E-state index in [9.17, 15) is 4.79 Å². The van der Waals surface area contributed by atoms with Crippen LogP contribution >= 0.6 is 0 Å². The van der Waals surface area contributed by atoms with Crippen LogP contribution in [-0.4, -0.2) is 74.7 Å². The summed E-state index contributed by atoms with van der Waals surface area (Å²) in [7, 11) is 1.74. The summed E-state index contributed by atoms with van der Waals surface area (Å²) in [5.41, 5.74) is 1.30. The van der Waals surface area contributed by atoms with Gasteiger partial charge in [0.05, 0.1) is 6.61 Å². The summed E-state index contributed by atoms with van der Waals surface area (Å²) >= 11 is 0. The highest BCUT2D eigenvalue weighted by Crippen LogP contribution is 2.38. The van der Waals surface area contributed by atoms with Crippen molar-refractivity contribution in [2.75, 3.05) is 57.9 Å². The average molecular weight is 396 g/mol. The normalized spacial score (nSPS) is 22.5. The number of nitrogens with zero attached hydrogens (tertiary/aromatic N) is 3. The molecule has 1 aliphatic carbocycles. The van der Waals surface area contributed by atoms with Crippen LogP contribution in [0.3, 0.4) is 0 Å². The molecule has 2 aromatic carbocycles. The standard InChI is InChI=1S/C24H33N3O2/c1-3-27(23-10-6-8-19-7-4-5-9-22(19)23)21-17-20(18-21)24(28)26-13-11-25(12-14-26)15-16-29-2/h4-10,20-21H,3,11-18H2,1-2H3. The zero-order valence-corrected chi connectivity index (χ0v) is 17.7. The maximum absolute atomic E-state index is 13.0. The summed E-state index contributed by atoms with van der Waals surface area (Å²) < 4.78 is 5.16. The number of anilines is 1.